The number of aryl methyl sites for hydroxylation is 1. The molecule has 0 saturated heterocycles. The molecule has 130 valence electrons. The molecule has 0 aliphatic carbocycles. The number of benzene rings is 1. The Morgan fingerprint density at radius 3 is 2.76 bits per heavy atom. The second-order valence-electron chi connectivity index (χ2n) is 5.95. The first-order valence-corrected chi connectivity index (χ1v) is 7.84. The van der Waals surface area contributed by atoms with Gasteiger partial charge in [0.05, 0.1) is 6.54 Å². The number of ether oxygens (including phenoxy) is 1. The molecular formula is C18H19FN4O2. The predicted molar refractivity (Wildman–Crippen MR) is 90.3 cm³/mol. The molecular weight excluding hydrogens is 323 g/mol. The number of hydrogen-bond acceptors (Lipinski definition) is 4. The second kappa shape index (κ2) is 6.60. The number of hydrogen-bond donors (Lipinski definition) is 1. The summed E-state index contributed by atoms with van der Waals surface area (Å²) in [4.78, 5) is 12.7. The van der Waals surface area contributed by atoms with E-state index in [9.17, 15) is 9.18 Å². The van der Waals surface area contributed by atoms with Gasteiger partial charge in [-0.3, -0.25) is 9.20 Å². The highest BCUT2D eigenvalue weighted by Crippen LogP contribution is 2.27. The third-order valence-electron chi connectivity index (χ3n) is 4.26. The van der Waals surface area contributed by atoms with Crippen LogP contribution in [-0.4, -0.2) is 27.6 Å². The van der Waals surface area contributed by atoms with E-state index >= 15 is 0 Å². The SMILES string of the molecule is COC(C)(C(=O)NCc1nnc2ccc(C)cn12)c1ccccc1F. The molecule has 1 N–H and O–H groups in total. The fourth-order valence-corrected chi connectivity index (χ4v) is 2.67. The number of fused-ring (bicyclic) bond motifs is 1. The van der Waals surface area contributed by atoms with E-state index in [-0.39, 0.29) is 12.1 Å². The van der Waals surface area contributed by atoms with Crippen molar-refractivity contribution < 1.29 is 13.9 Å². The van der Waals surface area contributed by atoms with Gasteiger partial charge in [-0.05, 0) is 31.5 Å². The summed E-state index contributed by atoms with van der Waals surface area (Å²) in [5.41, 5.74) is 0.477. The third-order valence-corrected chi connectivity index (χ3v) is 4.26. The number of methoxy groups -OCH3 is 1. The topological polar surface area (TPSA) is 68.5 Å². The van der Waals surface area contributed by atoms with Crippen LogP contribution >= 0.6 is 0 Å². The van der Waals surface area contributed by atoms with Crippen LogP contribution in [0.5, 0.6) is 0 Å². The van der Waals surface area contributed by atoms with Crippen LogP contribution in [0, 0.1) is 12.7 Å². The Kier molecular flexibility index (Phi) is 4.50. The van der Waals surface area contributed by atoms with E-state index in [4.69, 9.17) is 4.74 Å². The van der Waals surface area contributed by atoms with Crippen molar-refractivity contribution >= 4 is 11.6 Å². The lowest BCUT2D eigenvalue weighted by molar-refractivity contribution is -0.143. The van der Waals surface area contributed by atoms with Gasteiger partial charge in [-0.25, -0.2) is 4.39 Å². The second-order valence-corrected chi connectivity index (χ2v) is 5.95. The first kappa shape index (κ1) is 17.0. The molecule has 2 aromatic heterocycles. The highest BCUT2D eigenvalue weighted by Gasteiger charge is 2.37. The normalized spacial score (nSPS) is 13.6. The Balaban J connectivity index is 1.83. The fourth-order valence-electron chi connectivity index (χ4n) is 2.67. The van der Waals surface area contributed by atoms with Gasteiger partial charge < -0.3 is 10.1 Å². The van der Waals surface area contributed by atoms with E-state index < -0.39 is 17.3 Å². The number of rotatable bonds is 5. The molecule has 3 rings (SSSR count). The van der Waals surface area contributed by atoms with Crippen molar-refractivity contribution in [2.24, 2.45) is 0 Å². The Bertz CT molecular complexity index is 924. The number of nitrogens with zero attached hydrogens (tertiary/aromatic N) is 3. The molecule has 1 unspecified atom stereocenters. The first-order valence-electron chi connectivity index (χ1n) is 7.84. The molecule has 25 heavy (non-hydrogen) atoms. The smallest absolute Gasteiger partial charge is 0.257 e. The molecule has 7 heteroatoms. The Morgan fingerprint density at radius 2 is 2.04 bits per heavy atom. The standard InChI is InChI=1S/C18H19FN4O2/c1-12-8-9-15-21-22-16(23(15)11-12)10-20-17(24)18(2,25-3)13-6-4-5-7-14(13)19/h4-9,11H,10H2,1-3H3,(H,20,24). The fraction of sp³-hybridized carbons (Fsp3) is 0.278. The van der Waals surface area contributed by atoms with Crippen LogP contribution in [0.3, 0.4) is 0 Å². The predicted octanol–water partition coefficient (Wildman–Crippen LogP) is 2.35. The molecule has 0 bridgehead atoms. The van der Waals surface area contributed by atoms with Gasteiger partial charge >= 0.3 is 0 Å². The number of aromatic nitrogens is 3. The van der Waals surface area contributed by atoms with E-state index in [2.05, 4.69) is 15.5 Å². The minimum atomic E-state index is -1.44. The largest absolute Gasteiger partial charge is 0.364 e. The summed E-state index contributed by atoms with van der Waals surface area (Å²) < 4.78 is 21.3. The molecule has 0 saturated carbocycles. The summed E-state index contributed by atoms with van der Waals surface area (Å²) in [5, 5.41) is 10.9. The van der Waals surface area contributed by atoms with Crippen LogP contribution in [0.4, 0.5) is 4.39 Å². The van der Waals surface area contributed by atoms with E-state index in [1.54, 1.807) is 12.1 Å². The van der Waals surface area contributed by atoms with Crippen molar-refractivity contribution in [2.75, 3.05) is 7.11 Å². The van der Waals surface area contributed by atoms with Gasteiger partial charge in [0, 0.05) is 18.9 Å². The summed E-state index contributed by atoms with van der Waals surface area (Å²) in [5.74, 6) is -0.367. The molecule has 0 aliphatic rings. The van der Waals surface area contributed by atoms with Crippen molar-refractivity contribution in [3.05, 3.63) is 65.4 Å². The molecule has 6 nitrogen and oxygen atoms in total. The van der Waals surface area contributed by atoms with E-state index in [1.165, 1.54) is 26.2 Å². The zero-order chi connectivity index (χ0) is 18.0. The molecule has 0 fully saturated rings. The number of carbonyl (C=O) groups is 1. The van der Waals surface area contributed by atoms with Gasteiger partial charge in [0.2, 0.25) is 0 Å². The zero-order valence-electron chi connectivity index (χ0n) is 14.3. The molecule has 1 amide bonds. The Hall–Kier alpha value is -2.80. The van der Waals surface area contributed by atoms with Crippen LogP contribution < -0.4 is 5.32 Å². The lowest BCUT2D eigenvalue weighted by Gasteiger charge is -2.27. The minimum Gasteiger partial charge on any atom is -0.364 e. The lowest BCUT2D eigenvalue weighted by atomic mass is 9.94. The van der Waals surface area contributed by atoms with Crippen molar-refractivity contribution in [2.45, 2.75) is 26.0 Å². The van der Waals surface area contributed by atoms with Crippen LogP contribution in [-0.2, 0) is 21.7 Å². The molecule has 0 aliphatic heterocycles. The number of carbonyl (C=O) groups excluding carboxylic acids is 1. The summed E-state index contributed by atoms with van der Waals surface area (Å²) in [6.07, 6.45) is 1.89. The Labute approximate surface area is 144 Å². The average Bonchev–Trinajstić information content (AvgIpc) is 3.01. The molecule has 1 aromatic carbocycles. The molecule has 1 atom stereocenters. The minimum absolute atomic E-state index is 0.150. The van der Waals surface area contributed by atoms with Crippen LogP contribution in [0.25, 0.3) is 5.65 Å². The summed E-state index contributed by atoms with van der Waals surface area (Å²) in [7, 11) is 1.38. The van der Waals surface area contributed by atoms with Crippen molar-refractivity contribution in [1.82, 2.24) is 19.9 Å². The highest BCUT2D eigenvalue weighted by atomic mass is 19.1. The van der Waals surface area contributed by atoms with E-state index in [1.807, 2.05) is 29.7 Å². The van der Waals surface area contributed by atoms with Gasteiger partial charge in [-0.1, -0.05) is 24.3 Å². The quantitative estimate of drug-likeness (QED) is 0.773. The molecule has 2 heterocycles. The van der Waals surface area contributed by atoms with E-state index in [0.29, 0.717) is 11.5 Å². The number of amides is 1. The van der Waals surface area contributed by atoms with Crippen LogP contribution in [0.15, 0.2) is 42.6 Å². The maximum atomic E-state index is 14.1. The first-order chi connectivity index (χ1) is 12.0. The highest BCUT2D eigenvalue weighted by molar-refractivity contribution is 5.86. The van der Waals surface area contributed by atoms with Crippen molar-refractivity contribution in [3.8, 4) is 0 Å². The summed E-state index contributed by atoms with van der Waals surface area (Å²) in [6, 6.07) is 9.86. The summed E-state index contributed by atoms with van der Waals surface area (Å²) >= 11 is 0. The number of pyridine rings is 1. The van der Waals surface area contributed by atoms with Crippen molar-refractivity contribution in [1.29, 1.82) is 0 Å². The Morgan fingerprint density at radius 1 is 1.28 bits per heavy atom. The van der Waals surface area contributed by atoms with Crippen LogP contribution in [0.1, 0.15) is 23.9 Å². The van der Waals surface area contributed by atoms with Crippen molar-refractivity contribution in [3.63, 3.8) is 0 Å². The van der Waals surface area contributed by atoms with Gasteiger partial charge in [0.15, 0.2) is 17.1 Å². The molecule has 0 spiro atoms. The third kappa shape index (κ3) is 3.10. The number of halogens is 1. The van der Waals surface area contributed by atoms with E-state index in [0.717, 1.165) is 5.56 Å². The van der Waals surface area contributed by atoms with Gasteiger partial charge in [0.1, 0.15) is 5.82 Å². The molecule has 0 radical (unpaired) electrons. The van der Waals surface area contributed by atoms with Crippen LogP contribution in [0.2, 0.25) is 0 Å². The lowest BCUT2D eigenvalue weighted by Crippen LogP contribution is -2.44. The monoisotopic (exact) mass is 342 g/mol. The van der Waals surface area contributed by atoms with Gasteiger partial charge in [0.25, 0.3) is 5.91 Å². The molecule has 3 aromatic rings. The average molecular weight is 342 g/mol. The maximum absolute atomic E-state index is 14.1. The van der Waals surface area contributed by atoms with Gasteiger partial charge in [-0.2, -0.15) is 0 Å². The van der Waals surface area contributed by atoms with Gasteiger partial charge in [-0.15, -0.1) is 10.2 Å². The zero-order valence-corrected chi connectivity index (χ0v) is 14.3. The maximum Gasteiger partial charge on any atom is 0.257 e. The summed E-state index contributed by atoms with van der Waals surface area (Å²) in [6.45, 7) is 3.64. The number of nitrogens with one attached hydrogen (secondary N) is 1.